The molecule has 0 atom stereocenters. The molecule has 2 heterocycles. The number of nitrogens with zero attached hydrogens (tertiary/aromatic N) is 2. The highest BCUT2D eigenvalue weighted by molar-refractivity contribution is 14.2. The highest BCUT2D eigenvalue weighted by atomic mass is 127. The fraction of sp³-hybridized carbons (Fsp3) is 0.190. The second-order valence-corrected chi connectivity index (χ2v) is 10.0. The van der Waals surface area contributed by atoms with Crippen molar-refractivity contribution >= 4 is 42.0 Å². The van der Waals surface area contributed by atoms with Crippen molar-refractivity contribution in [2.75, 3.05) is 4.90 Å². The van der Waals surface area contributed by atoms with Gasteiger partial charge in [-0.25, -0.2) is 9.29 Å². The lowest BCUT2D eigenvalue weighted by Gasteiger charge is -2.22. The van der Waals surface area contributed by atoms with Crippen molar-refractivity contribution in [1.29, 1.82) is 0 Å². The molecule has 0 radical (unpaired) electrons. The maximum Gasteiger partial charge on any atom is 0.431 e. The van der Waals surface area contributed by atoms with Crippen LogP contribution in [0.25, 0.3) is 0 Å². The van der Waals surface area contributed by atoms with E-state index >= 15 is 0 Å². The number of carbonyl (C=O) groups excluding carboxylic acids is 2. The molecule has 0 spiro atoms. The first-order chi connectivity index (χ1) is 15.3. The standard InChI is InChI=1S/C21H12F7IN2O2/c1-10-7-11(9-30-16(21(26,27)28)8-15(29-30)20(23,24)25)5-6-14(10)31-18(32)12-3-2-4-13(22)17(12)19(31)33/h2-8H,9H2,1H3. The molecule has 0 N–H and O–H groups in total. The van der Waals surface area contributed by atoms with Gasteiger partial charge in [0.15, 0.2) is 0 Å². The molecule has 0 saturated heterocycles. The summed E-state index contributed by atoms with van der Waals surface area (Å²) in [4.78, 5) is 26.1. The van der Waals surface area contributed by atoms with Crippen LogP contribution in [-0.4, -0.2) is 30.8 Å². The number of fused-ring (bicyclic) bond motifs is 1. The van der Waals surface area contributed by atoms with Gasteiger partial charge in [-0.1, -0.05) is 18.2 Å². The number of rotatable bonds is 3. The Morgan fingerprint density at radius 1 is 0.939 bits per heavy atom. The lowest BCUT2D eigenvalue weighted by atomic mass is 10.1. The number of hydrogen-bond donors (Lipinski definition) is 0. The van der Waals surface area contributed by atoms with E-state index in [9.17, 15) is 40.3 Å². The lowest BCUT2D eigenvalue weighted by molar-refractivity contribution is -0.103. The van der Waals surface area contributed by atoms with Crippen LogP contribution in [0.1, 0.15) is 31.8 Å². The van der Waals surface area contributed by atoms with Gasteiger partial charge in [0.1, 0.15) is 15.0 Å². The van der Waals surface area contributed by atoms with E-state index in [0.29, 0.717) is 8.68 Å². The van der Waals surface area contributed by atoms with Crippen molar-refractivity contribution < 1.29 is 40.3 Å². The second-order valence-electron chi connectivity index (χ2n) is 7.21. The molecule has 2 aliphatic rings. The number of alkyl halides is 6. The zero-order valence-corrected chi connectivity index (χ0v) is 18.6. The topological polar surface area (TPSA) is 40.6 Å². The Morgan fingerprint density at radius 2 is 1.64 bits per heavy atom. The van der Waals surface area contributed by atoms with E-state index in [1.54, 1.807) is 0 Å². The number of carbonyl (C=O) groups is 2. The SMILES string of the molecule is Cc1cc(CN2I=C(C(F)(F)F)C=C2C(F)(F)F)ccc1N1C(=O)c2cccc(F)c2C1=O. The van der Waals surface area contributed by atoms with Crippen LogP contribution < -0.4 is 4.90 Å². The maximum atomic E-state index is 14.1. The third-order valence-corrected chi connectivity index (χ3v) is 7.85. The number of hydrogen-bond acceptors (Lipinski definition) is 3. The summed E-state index contributed by atoms with van der Waals surface area (Å²) in [7, 11) is 0. The summed E-state index contributed by atoms with van der Waals surface area (Å²) in [6.07, 6.45) is -9.66. The van der Waals surface area contributed by atoms with Crippen LogP contribution in [0, 0.1) is 12.7 Å². The highest BCUT2D eigenvalue weighted by Crippen LogP contribution is 2.42. The second kappa shape index (κ2) is 7.92. The Balaban J connectivity index is 1.64. The van der Waals surface area contributed by atoms with Gasteiger partial charge in [-0.15, -0.1) is 0 Å². The van der Waals surface area contributed by atoms with Gasteiger partial charge in [-0.05, 0) is 42.3 Å². The molecule has 174 valence electrons. The number of amides is 2. The molecule has 2 aromatic carbocycles. The molecule has 2 aliphatic heterocycles. The zero-order valence-electron chi connectivity index (χ0n) is 16.5. The zero-order chi connectivity index (χ0) is 24.3. The Morgan fingerprint density at radius 3 is 2.21 bits per heavy atom. The molecule has 12 heteroatoms. The summed E-state index contributed by atoms with van der Waals surface area (Å²) in [5.41, 5.74) is -1.16. The fourth-order valence-electron chi connectivity index (χ4n) is 3.52. The first kappa shape index (κ1) is 23.4. The minimum atomic E-state index is -4.95. The predicted octanol–water partition coefficient (Wildman–Crippen LogP) is 5.82. The largest absolute Gasteiger partial charge is 0.431 e. The molecule has 0 unspecified atom stereocenters. The first-order valence-electron chi connectivity index (χ1n) is 9.21. The first-order valence-corrected chi connectivity index (χ1v) is 11.3. The van der Waals surface area contributed by atoms with Crippen LogP contribution in [0.5, 0.6) is 0 Å². The average molecular weight is 584 g/mol. The van der Waals surface area contributed by atoms with E-state index in [-0.39, 0.29) is 28.5 Å². The Kier molecular flexibility index (Phi) is 5.61. The molecule has 33 heavy (non-hydrogen) atoms. The van der Waals surface area contributed by atoms with Crippen LogP contribution in [0.2, 0.25) is 0 Å². The van der Waals surface area contributed by atoms with E-state index in [0.717, 1.165) is 11.0 Å². The van der Waals surface area contributed by atoms with Crippen molar-refractivity contribution in [3.63, 3.8) is 0 Å². The van der Waals surface area contributed by atoms with Gasteiger partial charge in [0.25, 0.3) is 11.8 Å². The predicted molar refractivity (Wildman–Crippen MR) is 113 cm³/mol. The van der Waals surface area contributed by atoms with E-state index in [4.69, 9.17) is 0 Å². The van der Waals surface area contributed by atoms with Gasteiger partial charge in [-0.3, -0.25) is 9.59 Å². The smallest absolute Gasteiger partial charge is 0.311 e. The van der Waals surface area contributed by atoms with E-state index in [1.165, 1.54) is 37.3 Å². The summed E-state index contributed by atoms with van der Waals surface area (Å²) >= 11 is -2.14. The molecule has 2 aromatic rings. The highest BCUT2D eigenvalue weighted by Gasteiger charge is 2.46. The molecule has 2 amide bonds. The number of halogens is 8. The van der Waals surface area contributed by atoms with Gasteiger partial charge < -0.3 is 3.11 Å². The van der Waals surface area contributed by atoms with Gasteiger partial charge in [0.2, 0.25) is 0 Å². The van der Waals surface area contributed by atoms with E-state index in [1.807, 2.05) is 0 Å². The van der Waals surface area contributed by atoms with Crippen molar-refractivity contribution in [3.05, 3.63) is 76.2 Å². The number of benzene rings is 2. The Hall–Kier alpha value is -2.77. The van der Waals surface area contributed by atoms with Crippen LogP contribution in [0.3, 0.4) is 0 Å². The Bertz CT molecular complexity index is 1250. The van der Waals surface area contributed by atoms with Gasteiger partial charge >= 0.3 is 12.4 Å². The summed E-state index contributed by atoms with van der Waals surface area (Å²) in [6.45, 7) is 1.06. The maximum absolute atomic E-state index is 14.1. The minimum Gasteiger partial charge on any atom is -0.311 e. The monoisotopic (exact) mass is 584 g/mol. The molecule has 4 rings (SSSR count). The van der Waals surface area contributed by atoms with Crippen LogP contribution in [0.4, 0.5) is 36.4 Å². The molecule has 0 aliphatic carbocycles. The van der Waals surface area contributed by atoms with Crippen LogP contribution >= 0.6 is 21.0 Å². The van der Waals surface area contributed by atoms with Crippen molar-refractivity contribution in [2.45, 2.75) is 25.8 Å². The number of allylic oxidation sites excluding steroid dienone is 2. The molecule has 4 nitrogen and oxygen atoms in total. The fourth-order valence-corrected chi connectivity index (χ4v) is 6.10. The molecular weight excluding hydrogens is 572 g/mol. The molecular formula is C21H12F7IN2O2. The number of anilines is 1. The molecule has 0 aromatic heterocycles. The third kappa shape index (κ3) is 4.15. The van der Waals surface area contributed by atoms with Gasteiger partial charge in [0, 0.05) is 21.0 Å². The summed E-state index contributed by atoms with van der Waals surface area (Å²) in [5, 5.41) is 0. The van der Waals surface area contributed by atoms with E-state index < -0.39 is 66.7 Å². The van der Waals surface area contributed by atoms with Crippen molar-refractivity contribution in [1.82, 2.24) is 3.11 Å². The third-order valence-electron chi connectivity index (χ3n) is 4.97. The van der Waals surface area contributed by atoms with Crippen LogP contribution in [-0.2, 0) is 6.54 Å². The van der Waals surface area contributed by atoms with Crippen molar-refractivity contribution in [2.24, 2.45) is 0 Å². The summed E-state index contributed by atoms with van der Waals surface area (Å²) in [6, 6.07) is 7.66. The van der Waals surface area contributed by atoms with Crippen molar-refractivity contribution in [3.8, 4) is 0 Å². The molecule has 0 saturated carbocycles. The lowest BCUT2D eigenvalue weighted by Crippen LogP contribution is -2.30. The summed E-state index contributed by atoms with van der Waals surface area (Å²) < 4.78 is 92.4. The van der Waals surface area contributed by atoms with Gasteiger partial charge in [-0.2, -0.15) is 26.3 Å². The molecule has 0 fully saturated rings. The quantitative estimate of drug-likeness (QED) is 0.198. The minimum absolute atomic E-state index is 0.106. The van der Waals surface area contributed by atoms with E-state index in [2.05, 4.69) is 0 Å². The number of imide groups is 1. The normalized spacial score (nSPS) is 16.6. The average Bonchev–Trinajstić information content (AvgIpc) is 3.23. The van der Waals surface area contributed by atoms with Crippen LogP contribution in [0.15, 0.2) is 48.2 Å². The Labute approximate surface area is 192 Å². The van der Waals surface area contributed by atoms with Gasteiger partial charge in [0.05, 0.1) is 23.4 Å². The molecule has 0 bridgehead atoms. The summed E-state index contributed by atoms with van der Waals surface area (Å²) in [5.74, 6) is -2.48. The number of aryl methyl sites for hydroxylation is 1.